The van der Waals surface area contributed by atoms with Gasteiger partial charge in [0.15, 0.2) is 5.76 Å². The molecule has 2 heterocycles. The summed E-state index contributed by atoms with van der Waals surface area (Å²) in [5.41, 5.74) is 0.0961. The average Bonchev–Trinajstić information content (AvgIpc) is 3.03. The molecule has 1 aliphatic heterocycles. The zero-order valence-electron chi connectivity index (χ0n) is 12.9. The molecular weight excluding hydrogens is 270 g/mol. The third-order valence-corrected chi connectivity index (χ3v) is 3.95. The first kappa shape index (κ1) is 15.6. The molecule has 0 spiro atoms. The summed E-state index contributed by atoms with van der Waals surface area (Å²) in [5.74, 6) is 0.433. The van der Waals surface area contributed by atoms with Gasteiger partial charge >= 0.3 is 5.97 Å². The minimum absolute atomic E-state index is 0.0961. The number of amides is 1. The predicted molar refractivity (Wildman–Crippen MR) is 78.5 cm³/mol. The van der Waals surface area contributed by atoms with E-state index in [-0.39, 0.29) is 17.2 Å². The minimum Gasteiger partial charge on any atom is -0.478 e. The highest BCUT2D eigenvalue weighted by Crippen LogP contribution is 2.26. The summed E-state index contributed by atoms with van der Waals surface area (Å²) in [7, 11) is 0. The lowest BCUT2D eigenvalue weighted by Crippen LogP contribution is -2.28. The van der Waals surface area contributed by atoms with E-state index in [1.807, 2.05) is 6.92 Å². The van der Waals surface area contributed by atoms with Crippen LogP contribution in [0.1, 0.15) is 60.3 Å². The molecule has 1 aromatic heterocycles. The van der Waals surface area contributed by atoms with Crippen LogP contribution < -0.4 is 0 Å². The quantitative estimate of drug-likeness (QED) is 0.905. The number of carbonyl (C=O) groups is 2. The number of aryl methyl sites for hydroxylation is 1. The molecule has 2 rings (SSSR count). The maximum atomic E-state index is 12.4. The van der Waals surface area contributed by atoms with Gasteiger partial charge in [0, 0.05) is 25.6 Å². The van der Waals surface area contributed by atoms with Crippen molar-refractivity contribution in [2.24, 2.45) is 11.8 Å². The average molecular weight is 293 g/mol. The SMILES string of the molecule is CCc1oc(C(=O)N2CCC(CC(C)C)C2)cc1C(=O)O. The summed E-state index contributed by atoms with van der Waals surface area (Å²) >= 11 is 0. The topological polar surface area (TPSA) is 70.8 Å². The van der Waals surface area contributed by atoms with E-state index in [9.17, 15) is 9.59 Å². The Bertz CT molecular complexity index is 532. The zero-order valence-corrected chi connectivity index (χ0v) is 12.9. The molecule has 5 nitrogen and oxygen atoms in total. The molecule has 0 aliphatic carbocycles. The van der Waals surface area contributed by atoms with E-state index in [2.05, 4.69) is 13.8 Å². The van der Waals surface area contributed by atoms with Crippen LogP contribution in [0.2, 0.25) is 0 Å². The second-order valence-corrected chi connectivity index (χ2v) is 6.14. The fourth-order valence-corrected chi connectivity index (χ4v) is 3.01. The molecule has 0 radical (unpaired) electrons. The summed E-state index contributed by atoms with van der Waals surface area (Å²) in [6, 6.07) is 1.36. The first-order valence-electron chi connectivity index (χ1n) is 7.57. The number of hydrogen-bond donors (Lipinski definition) is 1. The Morgan fingerprint density at radius 1 is 1.48 bits per heavy atom. The van der Waals surface area contributed by atoms with Crippen LogP contribution in [0, 0.1) is 11.8 Å². The Balaban J connectivity index is 2.09. The number of carboxylic acid groups (broad SMARTS) is 1. The molecule has 1 N–H and O–H groups in total. The van der Waals surface area contributed by atoms with E-state index in [0.717, 1.165) is 25.9 Å². The van der Waals surface area contributed by atoms with Gasteiger partial charge in [0.05, 0.1) is 0 Å². The molecule has 1 aliphatic rings. The van der Waals surface area contributed by atoms with E-state index in [4.69, 9.17) is 9.52 Å². The molecule has 1 aromatic rings. The number of rotatable bonds is 5. The largest absolute Gasteiger partial charge is 0.478 e. The Labute approximate surface area is 124 Å². The molecular formula is C16H23NO4. The van der Waals surface area contributed by atoms with Crippen molar-refractivity contribution in [1.82, 2.24) is 4.90 Å². The van der Waals surface area contributed by atoms with Crippen LogP contribution in [-0.2, 0) is 6.42 Å². The Morgan fingerprint density at radius 3 is 2.71 bits per heavy atom. The Morgan fingerprint density at radius 2 is 2.19 bits per heavy atom. The predicted octanol–water partition coefficient (Wildman–Crippen LogP) is 3.05. The van der Waals surface area contributed by atoms with Gasteiger partial charge in [-0.05, 0) is 24.7 Å². The second-order valence-electron chi connectivity index (χ2n) is 6.14. The molecule has 116 valence electrons. The van der Waals surface area contributed by atoms with Crippen LogP contribution in [0.15, 0.2) is 10.5 Å². The summed E-state index contributed by atoms with van der Waals surface area (Å²) < 4.78 is 5.44. The maximum absolute atomic E-state index is 12.4. The Kier molecular flexibility index (Phi) is 4.70. The second kappa shape index (κ2) is 6.33. The van der Waals surface area contributed by atoms with Crippen LogP contribution in [0.3, 0.4) is 0 Å². The molecule has 5 heteroatoms. The maximum Gasteiger partial charge on any atom is 0.339 e. The van der Waals surface area contributed by atoms with E-state index < -0.39 is 5.97 Å². The summed E-state index contributed by atoms with van der Waals surface area (Å²) in [6.07, 6.45) is 2.59. The van der Waals surface area contributed by atoms with Crippen LogP contribution in [-0.4, -0.2) is 35.0 Å². The van der Waals surface area contributed by atoms with Crippen molar-refractivity contribution < 1.29 is 19.1 Å². The minimum atomic E-state index is -1.05. The van der Waals surface area contributed by atoms with Crippen molar-refractivity contribution in [3.63, 3.8) is 0 Å². The summed E-state index contributed by atoms with van der Waals surface area (Å²) in [5, 5.41) is 9.11. The molecule has 1 fully saturated rings. The van der Waals surface area contributed by atoms with Crippen molar-refractivity contribution in [2.75, 3.05) is 13.1 Å². The van der Waals surface area contributed by atoms with Gasteiger partial charge in [-0.3, -0.25) is 4.79 Å². The molecule has 21 heavy (non-hydrogen) atoms. The van der Waals surface area contributed by atoms with Crippen LogP contribution >= 0.6 is 0 Å². The standard InChI is InChI=1S/C16H23NO4/c1-4-13-12(16(19)20)8-14(21-13)15(18)17-6-5-11(9-17)7-10(2)3/h8,10-11H,4-7,9H2,1-3H3,(H,19,20). The monoisotopic (exact) mass is 293 g/mol. The van der Waals surface area contributed by atoms with Gasteiger partial charge in [-0.25, -0.2) is 4.79 Å². The highest BCUT2D eigenvalue weighted by atomic mass is 16.4. The first-order chi connectivity index (χ1) is 9.92. The zero-order chi connectivity index (χ0) is 15.6. The lowest BCUT2D eigenvalue weighted by atomic mass is 9.97. The van der Waals surface area contributed by atoms with E-state index >= 15 is 0 Å². The van der Waals surface area contributed by atoms with Crippen molar-refractivity contribution in [1.29, 1.82) is 0 Å². The van der Waals surface area contributed by atoms with Gasteiger partial charge in [-0.15, -0.1) is 0 Å². The number of furan rings is 1. The number of hydrogen-bond acceptors (Lipinski definition) is 3. The van der Waals surface area contributed by atoms with Crippen molar-refractivity contribution >= 4 is 11.9 Å². The molecule has 1 saturated heterocycles. The van der Waals surface area contributed by atoms with Gasteiger partial charge in [-0.1, -0.05) is 20.8 Å². The summed E-state index contributed by atoms with van der Waals surface area (Å²) in [4.78, 5) is 25.3. The van der Waals surface area contributed by atoms with Gasteiger partial charge in [0.2, 0.25) is 0 Å². The van der Waals surface area contributed by atoms with E-state index in [1.54, 1.807) is 4.90 Å². The Hall–Kier alpha value is -1.78. The van der Waals surface area contributed by atoms with E-state index in [0.29, 0.717) is 24.0 Å². The normalized spacial score (nSPS) is 18.5. The molecule has 1 unspecified atom stereocenters. The van der Waals surface area contributed by atoms with Crippen molar-refractivity contribution in [3.8, 4) is 0 Å². The number of carbonyl (C=O) groups excluding carboxylic acids is 1. The summed E-state index contributed by atoms with van der Waals surface area (Å²) in [6.45, 7) is 7.64. The lowest BCUT2D eigenvalue weighted by Gasteiger charge is -2.16. The number of carboxylic acids is 1. The van der Waals surface area contributed by atoms with Gasteiger partial charge in [0.1, 0.15) is 11.3 Å². The van der Waals surface area contributed by atoms with Gasteiger partial charge in [-0.2, -0.15) is 0 Å². The number of aromatic carboxylic acids is 1. The smallest absolute Gasteiger partial charge is 0.339 e. The number of nitrogens with zero attached hydrogens (tertiary/aromatic N) is 1. The van der Waals surface area contributed by atoms with Gasteiger partial charge in [0.25, 0.3) is 5.91 Å². The van der Waals surface area contributed by atoms with Crippen molar-refractivity contribution in [3.05, 3.63) is 23.2 Å². The lowest BCUT2D eigenvalue weighted by molar-refractivity contribution is 0.0692. The fourth-order valence-electron chi connectivity index (χ4n) is 3.01. The first-order valence-corrected chi connectivity index (χ1v) is 7.57. The third-order valence-electron chi connectivity index (χ3n) is 3.95. The fraction of sp³-hybridized carbons (Fsp3) is 0.625. The molecule has 1 atom stereocenters. The molecule has 1 amide bonds. The van der Waals surface area contributed by atoms with Crippen molar-refractivity contribution in [2.45, 2.75) is 40.0 Å². The molecule has 0 bridgehead atoms. The highest BCUT2D eigenvalue weighted by Gasteiger charge is 2.30. The number of likely N-dealkylation sites (tertiary alicyclic amines) is 1. The van der Waals surface area contributed by atoms with E-state index in [1.165, 1.54) is 6.07 Å². The third kappa shape index (κ3) is 3.46. The molecule has 0 saturated carbocycles. The van der Waals surface area contributed by atoms with Crippen LogP contribution in [0.25, 0.3) is 0 Å². The van der Waals surface area contributed by atoms with Crippen LogP contribution in [0.5, 0.6) is 0 Å². The molecule has 0 aromatic carbocycles. The highest BCUT2D eigenvalue weighted by molar-refractivity contribution is 5.96. The van der Waals surface area contributed by atoms with Gasteiger partial charge < -0.3 is 14.4 Å². The van der Waals surface area contributed by atoms with Crippen LogP contribution in [0.4, 0.5) is 0 Å².